The highest BCUT2D eigenvalue weighted by molar-refractivity contribution is 6.04. The molecule has 0 atom stereocenters. The summed E-state index contributed by atoms with van der Waals surface area (Å²) >= 11 is 0. The van der Waals surface area contributed by atoms with E-state index >= 15 is 0 Å². The summed E-state index contributed by atoms with van der Waals surface area (Å²) in [7, 11) is 4.27. The van der Waals surface area contributed by atoms with E-state index in [4.69, 9.17) is 9.97 Å². The highest BCUT2D eigenvalue weighted by Gasteiger charge is 2.31. The number of carbonyl (C=O) groups excluding carboxylic acids is 1. The van der Waals surface area contributed by atoms with Crippen LogP contribution in [-0.4, -0.2) is 59.0 Å². The Morgan fingerprint density at radius 2 is 1.69 bits per heavy atom. The average molecular weight is 668 g/mol. The zero-order valence-electron chi connectivity index (χ0n) is 28.3. The molecule has 1 aliphatic rings. The number of halogens is 3. The molecule has 2 N–H and O–H groups in total. The number of benzene rings is 3. The molecule has 3 heterocycles. The van der Waals surface area contributed by atoms with Crippen LogP contribution in [0.4, 0.5) is 36.3 Å². The van der Waals surface area contributed by atoms with E-state index in [1.807, 2.05) is 43.5 Å². The fraction of sp³-hybridized carbons (Fsp3) is 0.316. The van der Waals surface area contributed by atoms with Crippen molar-refractivity contribution in [2.45, 2.75) is 51.7 Å². The Kier molecular flexibility index (Phi) is 9.56. The van der Waals surface area contributed by atoms with Crippen LogP contribution in [0.5, 0.6) is 0 Å². The van der Waals surface area contributed by atoms with Crippen LogP contribution in [0.1, 0.15) is 59.7 Å². The molecule has 1 saturated heterocycles. The van der Waals surface area contributed by atoms with Crippen molar-refractivity contribution < 1.29 is 18.0 Å². The Labute approximate surface area is 284 Å². The molecule has 0 radical (unpaired) electrons. The number of aryl methyl sites for hydroxylation is 1. The number of nitrogens with zero attached hydrogens (tertiary/aromatic N) is 5. The monoisotopic (exact) mass is 667 g/mol. The Hall–Kier alpha value is -5.03. The minimum Gasteiger partial charge on any atom is -0.357 e. The van der Waals surface area contributed by atoms with Gasteiger partial charge in [-0.2, -0.15) is 13.2 Å². The Bertz CT molecular complexity index is 1970. The minimum atomic E-state index is -4.54. The quantitative estimate of drug-likeness (QED) is 0.171. The topological polar surface area (TPSA) is 86.3 Å². The molecular weight excluding hydrogens is 627 g/mol. The molecule has 11 heteroatoms. The van der Waals surface area contributed by atoms with Crippen molar-refractivity contribution in [1.82, 2.24) is 19.9 Å². The molecule has 2 aromatic heterocycles. The molecule has 6 rings (SSSR count). The second kappa shape index (κ2) is 13.8. The van der Waals surface area contributed by atoms with Crippen molar-refractivity contribution in [3.8, 4) is 11.1 Å². The van der Waals surface area contributed by atoms with Crippen molar-refractivity contribution in [3.05, 3.63) is 101 Å². The van der Waals surface area contributed by atoms with Crippen LogP contribution in [0.3, 0.4) is 0 Å². The molecule has 1 fully saturated rings. The highest BCUT2D eigenvalue weighted by Crippen LogP contribution is 2.35. The van der Waals surface area contributed by atoms with E-state index in [2.05, 4.69) is 59.4 Å². The summed E-state index contributed by atoms with van der Waals surface area (Å²) < 4.78 is 39.6. The number of carbonyl (C=O) groups is 1. The van der Waals surface area contributed by atoms with Crippen molar-refractivity contribution in [3.63, 3.8) is 0 Å². The van der Waals surface area contributed by atoms with Crippen LogP contribution >= 0.6 is 0 Å². The molecule has 49 heavy (non-hydrogen) atoms. The van der Waals surface area contributed by atoms with E-state index < -0.39 is 17.6 Å². The lowest BCUT2D eigenvalue weighted by molar-refractivity contribution is -0.137. The molecule has 0 unspecified atom stereocenters. The molecule has 5 aromatic rings. The largest absolute Gasteiger partial charge is 0.416 e. The van der Waals surface area contributed by atoms with Crippen molar-refractivity contribution in [2.75, 3.05) is 42.7 Å². The molecule has 0 bridgehead atoms. The summed E-state index contributed by atoms with van der Waals surface area (Å²) in [5.41, 5.74) is 4.97. The number of rotatable bonds is 8. The van der Waals surface area contributed by atoms with Crippen LogP contribution < -0.4 is 15.5 Å². The smallest absolute Gasteiger partial charge is 0.357 e. The summed E-state index contributed by atoms with van der Waals surface area (Å²) in [6, 6.07) is 18.6. The predicted molar refractivity (Wildman–Crippen MR) is 190 cm³/mol. The van der Waals surface area contributed by atoms with E-state index in [9.17, 15) is 18.0 Å². The molecule has 0 spiro atoms. The van der Waals surface area contributed by atoms with Crippen LogP contribution in [-0.2, 0) is 6.18 Å². The Morgan fingerprint density at radius 3 is 2.37 bits per heavy atom. The number of nitrogens with one attached hydrogen (secondary N) is 2. The number of hydrogen-bond donors (Lipinski definition) is 2. The third kappa shape index (κ3) is 7.67. The average Bonchev–Trinajstić information content (AvgIpc) is 3.08. The first-order valence-electron chi connectivity index (χ1n) is 16.4. The van der Waals surface area contributed by atoms with Gasteiger partial charge in [-0.15, -0.1) is 0 Å². The van der Waals surface area contributed by atoms with Crippen molar-refractivity contribution in [1.29, 1.82) is 0 Å². The van der Waals surface area contributed by atoms with Gasteiger partial charge < -0.3 is 20.4 Å². The van der Waals surface area contributed by atoms with Crippen LogP contribution in [0, 0.1) is 6.92 Å². The number of fused-ring (bicyclic) bond motifs is 1. The number of amides is 1. The molecule has 254 valence electrons. The molecule has 3 aromatic carbocycles. The van der Waals surface area contributed by atoms with Gasteiger partial charge in [0.25, 0.3) is 5.91 Å². The normalized spacial score (nSPS) is 14.1. The van der Waals surface area contributed by atoms with E-state index in [-0.39, 0.29) is 11.5 Å². The molecule has 1 aliphatic heterocycles. The third-order valence-electron chi connectivity index (χ3n) is 9.12. The fourth-order valence-corrected chi connectivity index (χ4v) is 6.27. The van der Waals surface area contributed by atoms with Gasteiger partial charge in [0.2, 0.25) is 5.95 Å². The highest BCUT2D eigenvalue weighted by atomic mass is 19.4. The van der Waals surface area contributed by atoms with Crippen LogP contribution in [0.25, 0.3) is 22.0 Å². The number of pyridine rings is 1. The molecule has 8 nitrogen and oxygen atoms in total. The SMILES string of the molecule is Cc1ccc(NC(=O)c2cccc(C(F)(F)F)c2)cc1-c1cc(C(C)C)c2nc(Nc3ccc(N4CCC(N(C)C)CC4)nc3)ncc2c1. The van der Waals surface area contributed by atoms with Crippen molar-refractivity contribution >= 4 is 40.0 Å². The first-order valence-corrected chi connectivity index (χ1v) is 16.4. The van der Waals surface area contributed by atoms with E-state index in [1.54, 1.807) is 12.3 Å². The fourth-order valence-electron chi connectivity index (χ4n) is 6.27. The lowest BCUT2D eigenvalue weighted by atomic mass is 9.92. The van der Waals surface area contributed by atoms with Gasteiger partial charge >= 0.3 is 6.18 Å². The van der Waals surface area contributed by atoms with Crippen LogP contribution in [0.15, 0.2) is 79.1 Å². The molecular formula is C38H40F3N7O. The molecule has 0 aliphatic carbocycles. The Balaban J connectivity index is 1.22. The number of piperidine rings is 1. The lowest BCUT2D eigenvalue weighted by Gasteiger charge is -2.35. The summed E-state index contributed by atoms with van der Waals surface area (Å²) in [5, 5.41) is 6.93. The first-order chi connectivity index (χ1) is 23.4. The van der Waals surface area contributed by atoms with Crippen LogP contribution in [0.2, 0.25) is 0 Å². The van der Waals surface area contributed by atoms with Gasteiger partial charge in [-0.05, 0) is 117 Å². The number of anilines is 4. The number of alkyl halides is 3. The maximum Gasteiger partial charge on any atom is 0.416 e. The third-order valence-corrected chi connectivity index (χ3v) is 9.12. The number of hydrogen-bond acceptors (Lipinski definition) is 7. The van der Waals surface area contributed by atoms with Gasteiger partial charge in [0.15, 0.2) is 0 Å². The van der Waals surface area contributed by atoms with Gasteiger partial charge in [0, 0.05) is 42.0 Å². The van der Waals surface area contributed by atoms with E-state index in [0.29, 0.717) is 17.7 Å². The maximum absolute atomic E-state index is 13.2. The second-order valence-corrected chi connectivity index (χ2v) is 13.1. The number of aromatic nitrogens is 3. The summed E-state index contributed by atoms with van der Waals surface area (Å²) in [4.78, 5) is 31.8. The van der Waals surface area contributed by atoms with Gasteiger partial charge in [-0.1, -0.05) is 26.0 Å². The lowest BCUT2D eigenvalue weighted by Crippen LogP contribution is -2.42. The zero-order chi connectivity index (χ0) is 34.9. The zero-order valence-corrected chi connectivity index (χ0v) is 28.3. The van der Waals surface area contributed by atoms with E-state index in [1.165, 1.54) is 12.1 Å². The maximum atomic E-state index is 13.2. The van der Waals surface area contributed by atoms with E-state index in [0.717, 1.165) is 82.7 Å². The summed E-state index contributed by atoms with van der Waals surface area (Å²) in [5.74, 6) is 0.961. The summed E-state index contributed by atoms with van der Waals surface area (Å²) in [6.07, 6.45) is 1.30. The first kappa shape index (κ1) is 33.9. The van der Waals surface area contributed by atoms with Gasteiger partial charge in [-0.3, -0.25) is 4.79 Å². The second-order valence-electron chi connectivity index (χ2n) is 13.1. The summed E-state index contributed by atoms with van der Waals surface area (Å²) in [6.45, 7) is 8.15. The predicted octanol–water partition coefficient (Wildman–Crippen LogP) is 8.67. The van der Waals surface area contributed by atoms with Gasteiger partial charge in [0.1, 0.15) is 5.82 Å². The van der Waals surface area contributed by atoms with Gasteiger partial charge in [-0.25, -0.2) is 15.0 Å². The standard InChI is InChI=1S/C38H40F3N7O/c1-23(2)32-19-26(33-20-29(10-9-24(33)3)44-36(49)25-7-6-8-28(18-25)38(39,40)41)17-27-21-43-37(46-35(27)32)45-30-11-12-34(42-22-30)48-15-13-31(14-16-48)47(4)5/h6-12,17-23,31H,13-16H2,1-5H3,(H,44,49)(H,43,45,46). The molecule has 1 amide bonds. The van der Waals surface area contributed by atoms with Crippen molar-refractivity contribution in [2.24, 2.45) is 0 Å². The Morgan fingerprint density at radius 1 is 0.939 bits per heavy atom. The molecule has 0 saturated carbocycles. The van der Waals surface area contributed by atoms with Gasteiger partial charge in [0.05, 0.1) is 23.0 Å². The minimum absolute atomic E-state index is 0.0710.